The molecule has 1 fully saturated rings. The molecule has 1 aliphatic rings. The van der Waals surface area contributed by atoms with E-state index in [1.165, 1.54) is 24.3 Å². The van der Waals surface area contributed by atoms with Gasteiger partial charge in [0, 0.05) is 43.4 Å². The summed E-state index contributed by atoms with van der Waals surface area (Å²) in [7, 11) is 1.35. The number of hydrogen-bond acceptors (Lipinski definition) is 7. The number of alkyl halides is 6. The van der Waals surface area contributed by atoms with Crippen molar-refractivity contribution in [2.75, 3.05) is 26.8 Å². The van der Waals surface area contributed by atoms with Gasteiger partial charge in [-0.05, 0) is 13.8 Å². The number of aromatic nitrogens is 1. The number of nitrogens with zero attached hydrogens (tertiary/aromatic N) is 2. The van der Waals surface area contributed by atoms with Gasteiger partial charge in [-0.3, -0.25) is 9.53 Å². The lowest BCUT2D eigenvalue weighted by atomic mass is 10.0. The van der Waals surface area contributed by atoms with Crippen molar-refractivity contribution < 1.29 is 50.1 Å². The minimum atomic E-state index is -4.83. The largest absolute Gasteiger partial charge is 0.522 e. The van der Waals surface area contributed by atoms with Gasteiger partial charge in [-0.25, -0.2) is 9.78 Å². The number of thiophene rings is 1. The summed E-state index contributed by atoms with van der Waals surface area (Å²) in [5.41, 5.74) is -1.28. The average Bonchev–Trinajstić information content (AvgIpc) is 3.18. The van der Waals surface area contributed by atoms with Gasteiger partial charge in [-0.15, -0.1) is 24.5 Å². The molecule has 2 aromatic heterocycles. The number of rotatable bonds is 6. The Morgan fingerprint density at radius 3 is 2.50 bits per heavy atom. The maximum atomic E-state index is 13.9. The molecule has 0 radical (unpaired) electrons. The van der Waals surface area contributed by atoms with Crippen LogP contribution in [0.5, 0.6) is 5.88 Å². The number of fused-ring (bicyclic) bond motifs is 1. The van der Waals surface area contributed by atoms with Gasteiger partial charge in [-0.1, -0.05) is 0 Å². The first-order chi connectivity index (χ1) is 16.7. The van der Waals surface area contributed by atoms with E-state index in [1.807, 2.05) is 0 Å². The third-order valence-corrected chi connectivity index (χ3v) is 6.56. The fraction of sp³-hybridized carbons (Fsp3) is 0.571. The number of piperidine rings is 1. The number of carbonyl (C=O) groups is 2. The van der Waals surface area contributed by atoms with Gasteiger partial charge in [0.2, 0.25) is 5.88 Å². The van der Waals surface area contributed by atoms with Crippen molar-refractivity contribution in [1.29, 1.82) is 0 Å². The predicted octanol–water partition coefficient (Wildman–Crippen LogP) is 4.89. The zero-order chi connectivity index (χ0) is 26.8. The minimum Gasteiger partial charge on any atom is -0.474 e. The molecule has 8 nitrogen and oxygen atoms in total. The molecule has 0 spiro atoms. The molecule has 0 saturated carbocycles. The molecule has 3 rings (SSSR count). The molecular weight excluding hydrogens is 520 g/mol. The summed E-state index contributed by atoms with van der Waals surface area (Å²) in [5.74, 6) is -0.853. The van der Waals surface area contributed by atoms with Gasteiger partial charge >= 0.3 is 18.6 Å². The zero-order valence-corrected chi connectivity index (χ0v) is 20.2. The zero-order valence-electron chi connectivity index (χ0n) is 19.4. The van der Waals surface area contributed by atoms with Crippen LogP contribution in [-0.2, 0) is 15.7 Å². The highest BCUT2D eigenvalue weighted by Gasteiger charge is 2.39. The molecule has 2 aromatic rings. The molecule has 0 aromatic carbocycles. The Hall–Kier alpha value is -2.81. The molecule has 2 atom stereocenters. The first-order valence-corrected chi connectivity index (χ1v) is 11.6. The summed E-state index contributed by atoms with van der Waals surface area (Å²) >= 11 is 0.765. The molecule has 2 amide bonds. The van der Waals surface area contributed by atoms with Crippen molar-refractivity contribution in [3.8, 4) is 5.88 Å². The van der Waals surface area contributed by atoms with Crippen LogP contribution in [0, 0.1) is 6.92 Å². The maximum Gasteiger partial charge on any atom is 0.522 e. The van der Waals surface area contributed by atoms with E-state index < -0.39 is 55.5 Å². The van der Waals surface area contributed by atoms with E-state index in [-0.39, 0.29) is 46.6 Å². The van der Waals surface area contributed by atoms with Crippen molar-refractivity contribution >= 4 is 33.6 Å². The molecule has 1 aliphatic heterocycles. The third-order valence-electron chi connectivity index (χ3n) is 5.57. The Kier molecular flexibility index (Phi) is 8.23. The van der Waals surface area contributed by atoms with Crippen LogP contribution in [0.2, 0.25) is 0 Å². The lowest BCUT2D eigenvalue weighted by Crippen LogP contribution is -2.48. The van der Waals surface area contributed by atoms with Crippen molar-refractivity contribution in [1.82, 2.24) is 15.2 Å². The molecular formula is C21H23F6N3O5S. The quantitative estimate of drug-likeness (QED) is 0.413. The standard InChI is InChI=1S/C21H23F6N3O5S/c1-10-8-12(4-5-30(10)19(32)33-6-7-34-21(25,26)27)35-18-11(2)14(20(22,23)24)16-15(29-18)13(9-36-16)17(31)28-3/h9-10,12H,4-8H2,1-3H3,(H,28,31)/t10-,12-/m1/s1. The normalized spacial score (nSPS) is 18.9. The molecule has 0 bridgehead atoms. The Labute approximate surface area is 205 Å². The van der Waals surface area contributed by atoms with Crippen molar-refractivity contribution in [3.05, 3.63) is 22.1 Å². The molecule has 36 heavy (non-hydrogen) atoms. The summed E-state index contributed by atoms with van der Waals surface area (Å²) in [6.07, 6.45) is -10.6. The van der Waals surface area contributed by atoms with Crippen molar-refractivity contribution in [2.24, 2.45) is 0 Å². The van der Waals surface area contributed by atoms with E-state index in [0.717, 1.165) is 11.3 Å². The first kappa shape index (κ1) is 27.8. The van der Waals surface area contributed by atoms with E-state index in [2.05, 4.69) is 15.0 Å². The Morgan fingerprint density at radius 2 is 1.92 bits per heavy atom. The van der Waals surface area contributed by atoms with Crippen LogP contribution in [0.3, 0.4) is 0 Å². The minimum absolute atomic E-state index is 0.00622. The molecule has 0 aliphatic carbocycles. The Morgan fingerprint density at radius 1 is 1.22 bits per heavy atom. The predicted molar refractivity (Wildman–Crippen MR) is 116 cm³/mol. The maximum absolute atomic E-state index is 13.9. The second-order valence-corrected chi connectivity index (χ2v) is 8.92. The Balaban J connectivity index is 1.74. The van der Waals surface area contributed by atoms with Crippen LogP contribution in [0.1, 0.15) is 41.3 Å². The summed E-state index contributed by atoms with van der Waals surface area (Å²) in [4.78, 5) is 29.9. The second-order valence-electron chi connectivity index (χ2n) is 8.04. The molecule has 1 N–H and O–H groups in total. The number of halogens is 6. The highest BCUT2D eigenvalue weighted by molar-refractivity contribution is 7.17. The van der Waals surface area contributed by atoms with E-state index in [4.69, 9.17) is 9.47 Å². The fourth-order valence-corrected chi connectivity index (χ4v) is 5.00. The molecule has 0 unspecified atom stereocenters. The SMILES string of the molecule is CNC(=O)c1csc2c(C(F)(F)F)c(C)c(O[C@@H]3CCN(C(=O)OCCOC(F)(F)F)[C@H](C)C3)nc12. The van der Waals surface area contributed by atoms with Crippen LogP contribution in [0.25, 0.3) is 10.2 Å². The smallest absolute Gasteiger partial charge is 0.474 e. The van der Waals surface area contributed by atoms with E-state index in [0.29, 0.717) is 0 Å². The number of nitrogens with one attached hydrogen (secondary N) is 1. The summed E-state index contributed by atoms with van der Waals surface area (Å²) in [6.45, 7) is 1.54. The second kappa shape index (κ2) is 10.7. The van der Waals surface area contributed by atoms with Crippen LogP contribution < -0.4 is 10.1 Å². The molecule has 1 saturated heterocycles. The highest BCUT2D eigenvalue weighted by Crippen LogP contribution is 2.43. The van der Waals surface area contributed by atoms with Gasteiger partial charge in [0.25, 0.3) is 5.91 Å². The number of hydrogen-bond donors (Lipinski definition) is 1. The monoisotopic (exact) mass is 543 g/mol. The number of ether oxygens (including phenoxy) is 3. The molecule has 3 heterocycles. The van der Waals surface area contributed by atoms with Gasteiger partial charge in [0.1, 0.15) is 12.7 Å². The van der Waals surface area contributed by atoms with Gasteiger partial charge in [0.05, 0.1) is 28.0 Å². The van der Waals surface area contributed by atoms with Crippen LogP contribution in [0.4, 0.5) is 31.1 Å². The summed E-state index contributed by atoms with van der Waals surface area (Å²) in [6, 6.07) is -0.478. The van der Waals surface area contributed by atoms with Gasteiger partial charge < -0.3 is 19.7 Å². The van der Waals surface area contributed by atoms with E-state index in [1.54, 1.807) is 6.92 Å². The van der Waals surface area contributed by atoms with Crippen LogP contribution in [0.15, 0.2) is 5.38 Å². The van der Waals surface area contributed by atoms with E-state index in [9.17, 15) is 35.9 Å². The lowest BCUT2D eigenvalue weighted by molar-refractivity contribution is -0.326. The summed E-state index contributed by atoms with van der Waals surface area (Å²) in [5, 5.41) is 3.68. The first-order valence-electron chi connectivity index (χ1n) is 10.7. The lowest BCUT2D eigenvalue weighted by Gasteiger charge is -2.36. The summed E-state index contributed by atoms with van der Waals surface area (Å²) < 4.78 is 91.8. The number of likely N-dealkylation sites (tertiary alicyclic amines) is 1. The molecule has 200 valence electrons. The van der Waals surface area contributed by atoms with E-state index >= 15 is 0 Å². The van der Waals surface area contributed by atoms with Crippen molar-refractivity contribution in [3.63, 3.8) is 0 Å². The third kappa shape index (κ3) is 6.30. The number of carbonyl (C=O) groups excluding carboxylic acids is 2. The van der Waals surface area contributed by atoms with Crippen LogP contribution >= 0.6 is 11.3 Å². The van der Waals surface area contributed by atoms with Gasteiger partial charge in [-0.2, -0.15) is 13.2 Å². The molecule has 15 heteroatoms. The van der Waals surface area contributed by atoms with Gasteiger partial charge in [0.15, 0.2) is 0 Å². The number of pyridine rings is 1. The highest BCUT2D eigenvalue weighted by atomic mass is 32.1. The van der Waals surface area contributed by atoms with Crippen molar-refractivity contribution in [2.45, 2.75) is 51.4 Å². The topological polar surface area (TPSA) is 90.0 Å². The fourth-order valence-electron chi connectivity index (χ4n) is 3.89. The van der Waals surface area contributed by atoms with Crippen LogP contribution in [-0.4, -0.2) is 67.2 Å². The Bertz CT molecular complexity index is 1120. The average molecular weight is 543 g/mol. The number of amides is 2.